The van der Waals surface area contributed by atoms with Crippen LogP contribution in [0.5, 0.6) is 5.75 Å². The lowest BCUT2D eigenvalue weighted by Crippen LogP contribution is -2.25. The van der Waals surface area contributed by atoms with Crippen LogP contribution in [0.15, 0.2) is 24.3 Å². The Balaban J connectivity index is 2.00. The number of rotatable bonds is 16. The number of benzene rings is 1. The number of terminal acetylenes is 1. The molecule has 1 rings (SSSR count). The van der Waals surface area contributed by atoms with Crippen LogP contribution < -0.4 is 14.6 Å². The van der Waals surface area contributed by atoms with E-state index in [1.807, 2.05) is 0 Å². The Morgan fingerprint density at radius 2 is 1.52 bits per heavy atom. The number of carbonyl (C=O) groups is 1. The van der Waals surface area contributed by atoms with Crippen LogP contribution in [0.2, 0.25) is 0 Å². The molecule has 0 unspecified atom stereocenters. The van der Waals surface area contributed by atoms with Gasteiger partial charge in [-0.3, -0.25) is 4.79 Å². The third kappa shape index (κ3) is 14.6. The summed E-state index contributed by atoms with van der Waals surface area (Å²) >= 11 is 0. The Bertz CT molecular complexity index is 724. The molecule has 0 aromatic heterocycles. The van der Waals surface area contributed by atoms with Gasteiger partial charge in [0.25, 0.3) is 0 Å². The van der Waals surface area contributed by atoms with Crippen molar-refractivity contribution in [3.05, 3.63) is 29.8 Å². The second kappa shape index (κ2) is 14.9. The molecule has 162 valence electrons. The highest BCUT2D eigenvalue weighted by molar-refractivity contribution is 7.84. The number of carbonyl (C=O) groups excluding carboxylic acids is 1. The van der Waals surface area contributed by atoms with Crippen LogP contribution >= 0.6 is 0 Å². The number of nitrogens with one attached hydrogen (secondary N) is 1. The van der Waals surface area contributed by atoms with E-state index in [0.717, 1.165) is 31.2 Å². The van der Waals surface area contributed by atoms with Gasteiger partial charge in [-0.25, -0.2) is 0 Å². The average molecular weight is 423 g/mol. The zero-order chi connectivity index (χ0) is 21.4. The Morgan fingerprint density at radius 3 is 2.07 bits per heavy atom. The minimum Gasteiger partial charge on any atom is -0.371 e. The first-order valence-electron chi connectivity index (χ1n) is 10.4. The van der Waals surface area contributed by atoms with Crippen molar-refractivity contribution in [2.75, 3.05) is 6.54 Å². The van der Waals surface area contributed by atoms with Crippen LogP contribution in [0, 0.1) is 12.3 Å². The zero-order valence-corrected chi connectivity index (χ0v) is 18.0. The molecular formula is C22H34N2O4S. The lowest BCUT2D eigenvalue weighted by Gasteiger charge is -2.07. The molecule has 0 aliphatic rings. The standard InChI is InChI=1S/C22H34N2O4S/c1-2-3-4-5-6-7-8-9-10-11-12-13-22(25)24-19-18-20-14-16-21(17-15-20)28-29(23,26)27/h1,14-17H,3-13,18-19H2,(H,24,25)(H2,23,26,27). The number of amides is 1. The highest BCUT2D eigenvalue weighted by atomic mass is 32.2. The maximum atomic E-state index is 11.9. The highest BCUT2D eigenvalue weighted by Gasteiger charge is 2.05. The molecule has 0 heterocycles. The molecule has 0 aliphatic carbocycles. The van der Waals surface area contributed by atoms with Gasteiger partial charge in [0.15, 0.2) is 0 Å². The summed E-state index contributed by atoms with van der Waals surface area (Å²) in [4.78, 5) is 11.9. The first-order chi connectivity index (χ1) is 13.9. The van der Waals surface area contributed by atoms with Crippen LogP contribution in [0.3, 0.4) is 0 Å². The SMILES string of the molecule is C#CCCCCCCCCCCCC(=O)NCCc1ccc(OS(N)(=O)=O)cc1. The minimum atomic E-state index is -4.00. The van der Waals surface area contributed by atoms with Crippen LogP contribution in [0.4, 0.5) is 0 Å². The smallest absolute Gasteiger partial charge is 0.371 e. The van der Waals surface area contributed by atoms with Crippen LogP contribution in [-0.4, -0.2) is 20.9 Å². The van der Waals surface area contributed by atoms with Crippen molar-refractivity contribution >= 4 is 16.2 Å². The molecule has 0 atom stereocenters. The van der Waals surface area contributed by atoms with Crippen LogP contribution in [0.1, 0.15) is 76.2 Å². The molecule has 0 aliphatic heterocycles. The second-order valence-corrected chi connectivity index (χ2v) is 8.36. The number of unbranched alkanes of at least 4 members (excludes halogenated alkanes) is 9. The van der Waals surface area contributed by atoms with Crippen molar-refractivity contribution in [3.8, 4) is 18.1 Å². The van der Waals surface area contributed by atoms with Crippen LogP contribution in [0.25, 0.3) is 0 Å². The molecular weight excluding hydrogens is 388 g/mol. The van der Waals surface area contributed by atoms with Crippen molar-refractivity contribution in [1.82, 2.24) is 5.32 Å². The molecule has 0 radical (unpaired) electrons. The minimum absolute atomic E-state index is 0.0766. The lowest BCUT2D eigenvalue weighted by molar-refractivity contribution is -0.121. The fourth-order valence-electron chi connectivity index (χ4n) is 3.03. The molecule has 0 bridgehead atoms. The van der Waals surface area contributed by atoms with Crippen molar-refractivity contribution in [1.29, 1.82) is 0 Å². The molecule has 6 nitrogen and oxygen atoms in total. The number of nitrogens with two attached hydrogens (primary N) is 1. The van der Waals surface area contributed by atoms with Gasteiger partial charge < -0.3 is 9.50 Å². The Morgan fingerprint density at radius 1 is 0.966 bits per heavy atom. The topological polar surface area (TPSA) is 98.5 Å². The summed E-state index contributed by atoms with van der Waals surface area (Å²) in [5.74, 6) is 2.92. The van der Waals surface area contributed by atoms with Crippen LogP contribution in [-0.2, 0) is 21.5 Å². The molecule has 7 heteroatoms. The monoisotopic (exact) mass is 422 g/mol. The molecule has 0 fully saturated rings. The summed E-state index contributed by atoms with van der Waals surface area (Å²) in [5.41, 5.74) is 0.978. The third-order valence-corrected chi connectivity index (χ3v) is 5.02. The molecule has 0 spiro atoms. The first-order valence-corrected chi connectivity index (χ1v) is 11.9. The van der Waals surface area contributed by atoms with Gasteiger partial charge in [-0.2, -0.15) is 13.6 Å². The molecule has 0 saturated carbocycles. The van der Waals surface area contributed by atoms with Gasteiger partial charge in [-0.1, -0.05) is 57.1 Å². The van der Waals surface area contributed by atoms with Crippen molar-refractivity contribution < 1.29 is 17.4 Å². The summed E-state index contributed by atoms with van der Waals surface area (Å²) in [7, 11) is -4.00. The molecule has 0 saturated heterocycles. The molecule has 1 amide bonds. The number of hydrogen-bond donors (Lipinski definition) is 2. The van der Waals surface area contributed by atoms with E-state index in [1.165, 1.54) is 38.5 Å². The van der Waals surface area contributed by atoms with Gasteiger partial charge in [-0.05, 0) is 37.0 Å². The van der Waals surface area contributed by atoms with Gasteiger partial charge in [-0.15, -0.1) is 12.3 Å². The van der Waals surface area contributed by atoms with Gasteiger partial charge >= 0.3 is 10.3 Å². The summed E-state index contributed by atoms with van der Waals surface area (Å²) in [6.45, 7) is 0.550. The third-order valence-electron chi connectivity index (χ3n) is 4.60. The largest absolute Gasteiger partial charge is 0.380 e. The predicted molar refractivity (Wildman–Crippen MR) is 117 cm³/mol. The van der Waals surface area contributed by atoms with E-state index in [1.54, 1.807) is 24.3 Å². The molecule has 29 heavy (non-hydrogen) atoms. The van der Waals surface area contributed by atoms with Gasteiger partial charge in [0.1, 0.15) is 5.75 Å². The van der Waals surface area contributed by atoms with E-state index < -0.39 is 10.3 Å². The van der Waals surface area contributed by atoms with E-state index in [4.69, 9.17) is 11.6 Å². The second-order valence-electron chi connectivity index (χ2n) is 7.21. The van der Waals surface area contributed by atoms with E-state index in [2.05, 4.69) is 15.4 Å². The maximum absolute atomic E-state index is 11.9. The zero-order valence-electron chi connectivity index (χ0n) is 17.2. The molecule has 1 aromatic rings. The number of hydrogen-bond acceptors (Lipinski definition) is 4. The van der Waals surface area contributed by atoms with E-state index in [0.29, 0.717) is 19.4 Å². The fourth-order valence-corrected chi connectivity index (χ4v) is 3.41. The summed E-state index contributed by atoms with van der Waals surface area (Å²) < 4.78 is 26.3. The van der Waals surface area contributed by atoms with Crippen molar-refractivity contribution in [2.24, 2.45) is 5.14 Å². The Kier molecular flexibility index (Phi) is 12.8. The van der Waals surface area contributed by atoms with Gasteiger partial charge in [0.05, 0.1) is 0 Å². The van der Waals surface area contributed by atoms with Crippen molar-refractivity contribution in [3.63, 3.8) is 0 Å². The Hall–Kier alpha value is -2.04. The average Bonchev–Trinajstić information content (AvgIpc) is 2.66. The summed E-state index contributed by atoms with van der Waals surface area (Å²) in [6, 6.07) is 6.58. The van der Waals surface area contributed by atoms with Crippen molar-refractivity contribution in [2.45, 2.75) is 77.0 Å². The van der Waals surface area contributed by atoms with Gasteiger partial charge in [0.2, 0.25) is 5.91 Å². The van der Waals surface area contributed by atoms with E-state index >= 15 is 0 Å². The first kappa shape index (κ1) is 25.0. The fraction of sp³-hybridized carbons (Fsp3) is 0.591. The quantitative estimate of drug-likeness (QED) is 0.312. The van der Waals surface area contributed by atoms with Gasteiger partial charge in [0, 0.05) is 19.4 Å². The maximum Gasteiger partial charge on any atom is 0.380 e. The summed E-state index contributed by atoms with van der Waals surface area (Å²) in [6.07, 6.45) is 18.0. The normalized spacial score (nSPS) is 11.0. The lowest BCUT2D eigenvalue weighted by atomic mass is 10.1. The van der Waals surface area contributed by atoms with E-state index in [9.17, 15) is 13.2 Å². The van der Waals surface area contributed by atoms with E-state index in [-0.39, 0.29) is 11.7 Å². The highest BCUT2D eigenvalue weighted by Crippen LogP contribution is 2.14. The molecule has 1 aromatic carbocycles. The summed E-state index contributed by atoms with van der Waals surface area (Å²) in [5, 5.41) is 7.74. The Labute approximate surface area is 175 Å². The molecule has 3 N–H and O–H groups in total. The predicted octanol–water partition coefficient (Wildman–Crippen LogP) is 3.85.